The van der Waals surface area contributed by atoms with E-state index in [0.717, 1.165) is 48.9 Å². The summed E-state index contributed by atoms with van der Waals surface area (Å²) in [5.41, 5.74) is 3.82. The summed E-state index contributed by atoms with van der Waals surface area (Å²) in [5, 5.41) is 18.3. The fourth-order valence-corrected chi connectivity index (χ4v) is 3.63. The quantitative estimate of drug-likeness (QED) is 0.688. The molecule has 3 heterocycles. The van der Waals surface area contributed by atoms with Crippen molar-refractivity contribution in [2.24, 2.45) is 0 Å². The fraction of sp³-hybridized carbons (Fsp3) is 0.250. The Morgan fingerprint density at radius 2 is 1.80 bits per heavy atom. The molecule has 150 valence electrons. The average Bonchev–Trinajstić information content (AvgIpc) is 2.74. The van der Waals surface area contributed by atoms with Crippen molar-refractivity contribution in [1.29, 1.82) is 10.5 Å². The van der Waals surface area contributed by atoms with Crippen molar-refractivity contribution in [3.8, 4) is 17.9 Å². The maximum absolute atomic E-state index is 9.16. The van der Waals surface area contributed by atoms with E-state index in [0.29, 0.717) is 22.9 Å². The van der Waals surface area contributed by atoms with Crippen molar-refractivity contribution >= 4 is 11.3 Å². The SMILES string of the molecule is CC1=CC(=C(C#N)C#N)C=C(/C=C2\C=C(C)c3ccc(N4CCOCC4)cc3O2)O1. The molecule has 0 unspecified atom stereocenters. The van der Waals surface area contributed by atoms with E-state index in [1.807, 2.05) is 25.1 Å². The first-order valence-electron chi connectivity index (χ1n) is 9.74. The first-order chi connectivity index (χ1) is 14.6. The van der Waals surface area contributed by atoms with Gasteiger partial charge in [0, 0.05) is 42.1 Å². The second-order valence-corrected chi connectivity index (χ2v) is 7.21. The van der Waals surface area contributed by atoms with Gasteiger partial charge in [-0.05, 0) is 49.8 Å². The molecule has 0 N–H and O–H groups in total. The van der Waals surface area contributed by atoms with Crippen LogP contribution in [0.15, 0.2) is 70.9 Å². The average molecular weight is 399 g/mol. The second-order valence-electron chi connectivity index (χ2n) is 7.21. The monoisotopic (exact) mass is 399 g/mol. The number of benzene rings is 1. The van der Waals surface area contributed by atoms with Gasteiger partial charge in [-0.25, -0.2) is 0 Å². The number of hydrogen-bond donors (Lipinski definition) is 0. The van der Waals surface area contributed by atoms with Gasteiger partial charge in [0.25, 0.3) is 0 Å². The van der Waals surface area contributed by atoms with Crippen LogP contribution < -0.4 is 9.64 Å². The molecule has 0 bridgehead atoms. The van der Waals surface area contributed by atoms with Gasteiger partial charge in [0.1, 0.15) is 40.7 Å². The minimum atomic E-state index is 0.0466. The summed E-state index contributed by atoms with van der Waals surface area (Å²) < 4.78 is 17.4. The van der Waals surface area contributed by atoms with Gasteiger partial charge in [-0.2, -0.15) is 10.5 Å². The Balaban J connectivity index is 1.65. The highest BCUT2D eigenvalue weighted by Crippen LogP contribution is 2.37. The first kappa shape index (κ1) is 19.6. The number of allylic oxidation sites excluding steroid dienone is 8. The maximum Gasteiger partial charge on any atom is 0.137 e. The molecule has 30 heavy (non-hydrogen) atoms. The van der Waals surface area contributed by atoms with Crippen LogP contribution in [0.2, 0.25) is 0 Å². The van der Waals surface area contributed by atoms with Crippen LogP contribution in [0.4, 0.5) is 5.69 Å². The summed E-state index contributed by atoms with van der Waals surface area (Å²) in [6.45, 7) is 6.99. The smallest absolute Gasteiger partial charge is 0.137 e. The number of rotatable bonds is 2. The molecular formula is C24H21N3O3. The minimum absolute atomic E-state index is 0.0466. The Hall–Kier alpha value is -3.74. The van der Waals surface area contributed by atoms with Gasteiger partial charge in [-0.1, -0.05) is 0 Å². The Morgan fingerprint density at radius 1 is 1.03 bits per heavy atom. The lowest BCUT2D eigenvalue weighted by atomic mass is 10.0. The highest BCUT2D eigenvalue weighted by Gasteiger charge is 2.19. The number of fused-ring (bicyclic) bond motifs is 1. The standard InChI is InChI=1S/C24H21N3O3/c1-16-9-21(13-22-11-18(10-17(2)29-22)19(14-25)15-26)30-24-12-20(3-4-23(16)24)27-5-7-28-8-6-27/h3-4,9-13H,5-8H2,1-2H3/b21-13+. The minimum Gasteiger partial charge on any atom is -0.462 e. The Bertz CT molecular complexity index is 1100. The summed E-state index contributed by atoms with van der Waals surface area (Å²) in [6.07, 6.45) is 7.08. The highest BCUT2D eigenvalue weighted by atomic mass is 16.5. The molecule has 1 saturated heterocycles. The van der Waals surface area contributed by atoms with E-state index in [9.17, 15) is 0 Å². The number of morpholine rings is 1. The molecule has 1 fully saturated rings. The maximum atomic E-state index is 9.16. The zero-order valence-electron chi connectivity index (χ0n) is 16.9. The normalized spacial score (nSPS) is 19.3. The largest absolute Gasteiger partial charge is 0.462 e. The topological polar surface area (TPSA) is 78.5 Å². The van der Waals surface area contributed by atoms with E-state index in [2.05, 4.69) is 23.1 Å². The van der Waals surface area contributed by atoms with Crippen molar-refractivity contribution in [1.82, 2.24) is 0 Å². The van der Waals surface area contributed by atoms with E-state index in [1.165, 1.54) is 0 Å². The van der Waals surface area contributed by atoms with Crippen LogP contribution in [-0.2, 0) is 9.47 Å². The molecule has 0 amide bonds. The molecule has 1 aromatic rings. The zero-order chi connectivity index (χ0) is 21.1. The molecule has 0 radical (unpaired) electrons. The molecule has 0 aromatic heterocycles. The van der Waals surface area contributed by atoms with E-state index in [4.69, 9.17) is 24.7 Å². The van der Waals surface area contributed by atoms with Crippen LogP contribution in [0.1, 0.15) is 19.4 Å². The number of nitriles is 2. The van der Waals surface area contributed by atoms with Crippen LogP contribution in [0.5, 0.6) is 5.75 Å². The summed E-state index contributed by atoms with van der Waals surface area (Å²) in [5.74, 6) is 2.54. The van der Waals surface area contributed by atoms with Crippen molar-refractivity contribution in [3.63, 3.8) is 0 Å². The molecule has 6 nitrogen and oxygen atoms in total. The number of hydrogen-bond acceptors (Lipinski definition) is 6. The van der Waals surface area contributed by atoms with Crippen LogP contribution >= 0.6 is 0 Å². The molecule has 0 saturated carbocycles. The third kappa shape index (κ3) is 4.00. The van der Waals surface area contributed by atoms with E-state index < -0.39 is 0 Å². The lowest BCUT2D eigenvalue weighted by molar-refractivity contribution is 0.122. The molecule has 6 heteroatoms. The third-order valence-corrected chi connectivity index (χ3v) is 5.09. The fourth-order valence-electron chi connectivity index (χ4n) is 3.63. The van der Waals surface area contributed by atoms with Gasteiger partial charge in [0.15, 0.2) is 0 Å². The molecule has 4 rings (SSSR count). The van der Waals surface area contributed by atoms with E-state index in [1.54, 1.807) is 25.2 Å². The molecule has 0 atom stereocenters. The molecule has 0 spiro atoms. The van der Waals surface area contributed by atoms with E-state index >= 15 is 0 Å². The second kappa shape index (κ2) is 8.32. The summed E-state index contributed by atoms with van der Waals surface area (Å²) in [6, 6.07) is 10.1. The highest BCUT2D eigenvalue weighted by molar-refractivity contribution is 5.76. The Morgan fingerprint density at radius 3 is 2.53 bits per heavy atom. The van der Waals surface area contributed by atoms with Crippen molar-refractivity contribution < 1.29 is 14.2 Å². The number of ether oxygens (including phenoxy) is 3. The molecule has 0 aliphatic carbocycles. The lowest BCUT2D eigenvalue weighted by Gasteiger charge is -2.30. The van der Waals surface area contributed by atoms with Gasteiger partial charge in [0.2, 0.25) is 0 Å². The van der Waals surface area contributed by atoms with Gasteiger partial charge in [-0.3, -0.25) is 0 Å². The zero-order valence-corrected chi connectivity index (χ0v) is 16.9. The molecule has 1 aromatic carbocycles. The first-order valence-corrected chi connectivity index (χ1v) is 9.74. The van der Waals surface area contributed by atoms with Crippen LogP contribution in [-0.4, -0.2) is 26.3 Å². The lowest BCUT2D eigenvalue weighted by Crippen LogP contribution is -2.36. The third-order valence-electron chi connectivity index (χ3n) is 5.09. The van der Waals surface area contributed by atoms with Crippen LogP contribution in [0, 0.1) is 22.7 Å². The van der Waals surface area contributed by atoms with Gasteiger partial charge < -0.3 is 19.1 Å². The summed E-state index contributed by atoms with van der Waals surface area (Å²) >= 11 is 0. The Kier molecular flexibility index (Phi) is 5.43. The van der Waals surface area contributed by atoms with Crippen molar-refractivity contribution in [2.75, 3.05) is 31.2 Å². The predicted octanol–water partition coefficient (Wildman–Crippen LogP) is 4.36. The summed E-state index contributed by atoms with van der Waals surface area (Å²) in [4.78, 5) is 2.29. The predicted molar refractivity (Wildman–Crippen MR) is 113 cm³/mol. The van der Waals surface area contributed by atoms with Crippen LogP contribution in [0.25, 0.3) is 5.57 Å². The van der Waals surface area contributed by atoms with Gasteiger partial charge >= 0.3 is 0 Å². The van der Waals surface area contributed by atoms with Crippen molar-refractivity contribution in [3.05, 3.63) is 76.5 Å². The summed E-state index contributed by atoms with van der Waals surface area (Å²) in [7, 11) is 0. The molecule has 3 aliphatic rings. The number of nitrogens with zero attached hydrogens (tertiary/aromatic N) is 3. The van der Waals surface area contributed by atoms with Crippen LogP contribution in [0.3, 0.4) is 0 Å². The van der Waals surface area contributed by atoms with Gasteiger partial charge in [-0.15, -0.1) is 0 Å². The van der Waals surface area contributed by atoms with Crippen molar-refractivity contribution in [2.45, 2.75) is 13.8 Å². The number of anilines is 1. The van der Waals surface area contributed by atoms with E-state index in [-0.39, 0.29) is 5.57 Å². The van der Waals surface area contributed by atoms with Gasteiger partial charge in [0.05, 0.1) is 13.2 Å². The molecule has 3 aliphatic heterocycles. The Labute approximate surface area is 175 Å². The molecular weight excluding hydrogens is 378 g/mol.